The van der Waals surface area contributed by atoms with Gasteiger partial charge < -0.3 is 10.4 Å². The summed E-state index contributed by atoms with van der Waals surface area (Å²) in [6.07, 6.45) is 5.73. The van der Waals surface area contributed by atoms with E-state index in [-0.39, 0.29) is 18.6 Å². The molecule has 0 saturated heterocycles. The summed E-state index contributed by atoms with van der Waals surface area (Å²) in [4.78, 5) is 16.4. The number of thioether (sulfide) groups is 1. The molecular formula is C17H20N2O2S. The summed E-state index contributed by atoms with van der Waals surface area (Å²) in [6, 6.07) is 11.7. The summed E-state index contributed by atoms with van der Waals surface area (Å²) in [5.74, 6) is 0.622. The van der Waals surface area contributed by atoms with Gasteiger partial charge in [-0.2, -0.15) is 11.8 Å². The molecule has 0 saturated carbocycles. The highest BCUT2D eigenvalue weighted by Crippen LogP contribution is 2.12. The van der Waals surface area contributed by atoms with Crippen LogP contribution in [0.2, 0.25) is 0 Å². The van der Waals surface area contributed by atoms with Crippen molar-refractivity contribution in [2.45, 2.75) is 12.5 Å². The van der Waals surface area contributed by atoms with Crippen LogP contribution in [0.5, 0.6) is 0 Å². The van der Waals surface area contributed by atoms with Crippen LogP contribution in [-0.2, 0) is 4.79 Å². The number of hydrogen-bond acceptors (Lipinski definition) is 4. The molecule has 22 heavy (non-hydrogen) atoms. The number of carbonyl (C=O) groups excluding carboxylic acids is 1. The molecule has 0 fully saturated rings. The lowest BCUT2D eigenvalue weighted by Crippen LogP contribution is -2.36. The van der Waals surface area contributed by atoms with Crippen LogP contribution in [0, 0.1) is 0 Å². The molecule has 1 aromatic carbocycles. The van der Waals surface area contributed by atoms with E-state index in [0.717, 1.165) is 22.3 Å². The number of pyridine rings is 1. The number of para-hydroxylation sites is 1. The first-order valence-corrected chi connectivity index (χ1v) is 8.56. The average Bonchev–Trinajstić information content (AvgIpc) is 2.53. The van der Waals surface area contributed by atoms with Crippen molar-refractivity contribution in [3.8, 4) is 0 Å². The van der Waals surface area contributed by atoms with Gasteiger partial charge in [0.2, 0.25) is 5.91 Å². The molecule has 1 heterocycles. The number of nitrogens with one attached hydrogen (secondary N) is 1. The number of aliphatic hydroxyl groups is 1. The van der Waals surface area contributed by atoms with Crippen LogP contribution >= 0.6 is 11.8 Å². The first-order chi connectivity index (χ1) is 10.7. The van der Waals surface area contributed by atoms with E-state index < -0.39 is 0 Å². The molecule has 0 aliphatic carbocycles. The Morgan fingerprint density at radius 2 is 2.18 bits per heavy atom. The first kappa shape index (κ1) is 16.5. The molecule has 116 valence electrons. The van der Waals surface area contributed by atoms with Crippen LogP contribution in [0.4, 0.5) is 0 Å². The van der Waals surface area contributed by atoms with Crippen molar-refractivity contribution < 1.29 is 9.90 Å². The number of amides is 1. The highest BCUT2D eigenvalue weighted by molar-refractivity contribution is 7.98. The second-order valence-electron chi connectivity index (χ2n) is 4.94. The van der Waals surface area contributed by atoms with Crippen molar-refractivity contribution in [1.29, 1.82) is 0 Å². The predicted molar refractivity (Wildman–Crippen MR) is 92.8 cm³/mol. The fraction of sp³-hybridized carbons (Fsp3) is 0.294. The van der Waals surface area contributed by atoms with Crippen molar-refractivity contribution in [3.05, 3.63) is 48.2 Å². The normalized spacial score (nSPS) is 12.6. The smallest absolute Gasteiger partial charge is 0.244 e. The zero-order valence-electron chi connectivity index (χ0n) is 12.5. The van der Waals surface area contributed by atoms with E-state index in [1.54, 1.807) is 17.8 Å². The van der Waals surface area contributed by atoms with Gasteiger partial charge in [0.25, 0.3) is 0 Å². The number of hydrogen-bond donors (Lipinski definition) is 2. The molecular weight excluding hydrogens is 296 g/mol. The van der Waals surface area contributed by atoms with Crippen molar-refractivity contribution in [2.24, 2.45) is 0 Å². The van der Waals surface area contributed by atoms with E-state index in [1.165, 1.54) is 6.08 Å². The second-order valence-corrected chi connectivity index (χ2v) is 5.85. The van der Waals surface area contributed by atoms with E-state index in [4.69, 9.17) is 5.11 Å². The van der Waals surface area contributed by atoms with E-state index in [1.807, 2.05) is 42.7 Å². The zero-order valence-corrected chi connectivity index (χ0v) is 13.3. The Balaban J connectivity index is 2.01. The van der Waals surface area contributed by atoms with Gasteiger partial charge in [0, 0.05) is 29.9 Å². The number of benzene rings is 1. The lowest BCUT2D eigenvalue weighted by molar-refractivity contribution is -0.117. The van der Waals surface area contributed by atoms with Crippen LogP contribution in [0.15, 0.2) is 42.5 Å². The fourth-order valence-corrected chi connectivity index (χ4v) is 2.79. The van der Waals surface area contributed by atoms with Gasteiger partial charge in [0.05, 0.1) is 11.2 Å². The minimum Gasteiger partial charge on any atom is -0.396 e. The monoisotopic (exact) mass is 316 g/mol. The molecule has 2 rings (SSSR count). The predicted octanol–water partition coefficient (Wildman–Crippen LogP) is 2.48. The van der Waals surface area contributed by atoms with Crippen LogP contribution in [0.25, 0.3) is 17.0 Å². The Bertz CT molecular complexity index is 652. The summed E-state index contributed by atoms with van der Waals surface area (Å²) >= 11 is 1.65. The van der Waals surface area contributed by atoms with Gasteiger partial charge in [-0.3, -0.25) is 4.79 Å². The lowest BCUT2D eigenvalue weighted by atomic mass is 10.2. The van der Waals surface area contributed by atoms with Crippen molar-refractivity contribution in [3.63, 3.8) is 0 Å². The number of carbonyl (C=O) groups is 1. The molecule has 2 N–H and O–H groups in total. The number of fused-ring (bicyclic) bond motifs is 1. The zero-order chi connectivity index (χ0) is 15.8. The molecule has 0 bridgehead atoms. The molecule has 5 heteroatoms. The molecule has 2 aromatic rings. The number of rotatable bonds is 7. The Morgan fingerprint density at radius 1 is 1.36 bits per heavy atom. The molecule has 0 radical (unpaired) electrons. The van der Waals surface area contributed by atoms with Crippen LogP contribution in [0.1, 0.15) is 12.1 Å². The van der Waals surface area contributed by atoms with Crippen LogP contribution < -0.4 is 5.32 Å². The summed E-state index contributed by atoms with van der Waals surface area (Å²) in [6.45, 7) is 0.0709. The Kier molecular flexibility index (Phi) is 6.43. The quantitative estimate of drug-likeness (QED) is 0.770. The van der Waals surface area contributed by atoms with Gasteiger partial charge in [0.15, 0.2) is 0 Å². The van der Waals surface area contributed by atoms with E-state index >= 15 is 0 Å². The maximum atomic E-state index is 11.9. The summed E-state index contributed by atoms with van der Waals surface area (Å²) in [5, 5.41) is 13.0. The van der Waals surface area contributed by atoms with Gasteiger partial charge >= 0.3 is 0 Å². The number of aliphatic hydroxyl groups excluding tert-OH is 1. The van der Waals surface area contributed by atoms with E-state index in [0.29, 0.717) is 6.42 Å². The Labute approximate surface area is 134 Å². The topological polar surface area (TPSA) is 62.2 Å². The summed E-state index contributed by atoms with van der Waals surface area (Å²) in [7, 11) is 0. The molecule has 1 aromatic heterocycles. The lowest BCUT2D eigenvalue weighted by Gasteiger charge is -2.15. The maximum absolute atomic E-state index is 11.9. The van der Waals surface area contributed by atoms with Crippen molar-refractivity contribution in [2.75, 3.05) is 18.6 Å². The SMILES string of the molecule is CSCC(CCO)NC(=O)/C=C/c1ccc2ccccc2n1. The molecule has 0 aliphatic heterocycles. The largest absolute Gasteiger partial charge is 0.396 e. The molecule has 0 aliphatic rings. The van der Waals surface area contributed by atoms with E-state index in [2.05, 4.69) is 10.3 Å². The van der Waals surface area contributed by atoms with Gasteiger partial charge in [-0.05, 0) is 30.9 Å². The molecule has 4 nitrogen and oxygen atoms in total. The molecule has 1 unspecified atom stereocenters. The highest BCUT2D eigenvalue weighted by Gasteiger charge is 2.09. The average molecular weight is 316 g/mol. The van der Waals surface area contributed by atoms with Crippen molar-refractivity contribution in [1.82, 2.24) is 10.3 Å². The third kappa shape index (κ3) is 4.86. The molecule has 0 spiro atoms. The van der Waals surface area contributed by atoms with Gasteiger partial charge in [-0.15, -0.1) is 0 Å². The Morgan fingerprint density at radius 3 is 2.95 bits per heavy atom. The number of nitrogens with zero attached hydrogens (tertiary/aromatic N) is 1. The van der Waals surface area contributed by atoms with Gasteiger partial charge in [-0.25, -0.2) is 4.98 Å². The fourth-order valence-electron chi connectivity index (χ4n) is 2.14. The standard InChI is InChI=1S/C17H20N2O2S/c1-22-12-15(10-11-20)19-17(21)9-8-14-7-6-13-4-2-3-5-16(13)18-14/h2-9,15,20H,10-12H2,1H3,(H,19,21)/b9-8+. The number of aromatic nitrogens is 1. The highest BCUT2D eigenvalue weighted by atomic mass is 32.2. The van der Waals surface area contributed by atoms with Crippen LogP contribution in [0.3, 0.4) is 0 Å². The first-order valence-electron chi connectivity index (χ1n) is 7.17. The summed E-state index contributed by atoms with van der Waals surface area (Å²) < 4.78 is 0. The maximum Gasteiger partial charge on any atom is 0.244 e. The van der Waals surface area contributed by atoms with Gasteiger partial charge in [0.1, 0.15) is 0 Å². The minimum atomic E-state index is -0.164. The second kappa shape index (κ2) is 8.56. The third-order valence-corrected chi connectivity index (χ3v) is 3.95. The third-order valence-electron chi connectivity index (χ3n) is 3.22. The Hall–Kier alpha value is -1.85. The van der Waals surface area contributed by atoms with Gasteiger partial charge in [-0.1, -0.05) is 24.3 Å². The summed E-state index contributed by atoms with van der Waals surface area (Å²) in [5.41, 5.74) is 1.66. The van der Waals surface area contributed by atoms with Crippen molar-refractivity contribution >= 4 is 34.6 Å². The van der Waals surface area contributed by atoms with E-state index in [9.17, 15) is 4.79 Å². The molecule has 1 amide bonds. The van der Waals surface area contributed by atoms with Crippen LogP contribution in [-0.4, -0.2) is 40.7 Å². The molecule has 1 atom stereocenters. The minimum absolute atomic E-state index is 0.0123.